The van der Waals surface area contributed by atoms with Crippen LogP contribution in [0.5, 0.6) is 11.5 Å². The van der Waals surface area contributed by atoms with Crippen molar-refractivity contribution < 1.29 is 27.6 Å². The van der Waals surface area contributed by atoms with Crippen molar-refractivity contribution in [3.05, 3.63) is 94.9 Å². The summed E-state index contributed by atoms with van der Waals surface area (Å²) in [5.74, 6) is 2.29. The van der Waals surface area contributed by atoms with E-state index in [1.807, 2.05) is 38.1 Å². The number of aldehydes is 1. The molecule has 6 rings (SSSR count). The molecule has 48 heavy (non-hydrogen) atoms. The van der Waals surface area contributed by atoms with Gasteiger partial charge in [0.15, 0.2) is 23.2 Å². The van der Waals surface area contributed by atoms with Gasteiger partial charge in [-0.25, -0.2) is 18.4 Å². The minimum Gasteiger partial charge on any atom is -0.454 e. The summed E-state index contributed by atoms with van der Waals surface area (Å²) in [6.07, 6.45) is 4.35. The zero-order valence-corrected chi connectivity index (χ0v) is 29.1. The molecule has 3 heterocycles. The molecule has 0 radical (unpaired) electrons. The van der Waals surface area contributed by atoms with Crippen LogP contribution in [0.25, 0.3) is 22.3 Å². The Kier molecular flexibility index (Phi) is 11.5. The van der Waals surface area contributed by atoms with Crippen LogP contribution in [-0.4, -0.2) is 65.5 Å². The lowest BCUT2D eigenvalue weighted by Gasteiger charge is -2.28. The minimum atomic E-state index is -1.11. The van der Waals surface area contributed by atoms with Crippen molar-refractivity contribution in [2.45, 2.75) is 38.5 Å². The van der Waals surface area contributed by atoms with Crippen LogP contribution < -0.4 is 4.74 Å². The van der Waals surface area contributed by atoms with E-state index >= 15 is 8.78 Å². The lowest BCUT2D eigenvalue weighted by molar-refractivity contribution is -0.110. The van der Waals surface area contributed by atoms with E-state index in [4.69, 9.17) is 19.9 Å². The molecule has 1 aliphatic heterocycles. The topological polar surface area (TPSA) is 110 Å². The number of hydrogen-bond donors (Lipinski definition) is 2. The molecule has 0 aliphatic carbocycles. The molecule has 0 spiro atoms. The zero-order valence-electron chi connectivity index (χ0n) is 27.5. The number of halogens is 2. The molecule has 3 unspecified atom stereocenters. The molecular formula is C36H40F2N4O4S2. The van der Waals surface area contributed by atoms with E-state index in [1.165, 1.54) is 28.9 Å². The summed E-state index contributed by atoms with van der Waals surface area (Å²) in [4.78, 5) is 19.3. The monoisotopic (exact) mass is 694 g/mol. The second-order valence-corrected chi connectivity index (χ2v) is 15.0. The Bertz CT molecular complexity index is 1930. The molecule has 3 aromatic carbocycles. The lowest BCUT2D eigenvalue weighted by Crippen LogP contribution is -2.28. The number of hydrogen-bond acceptors (Lipinski definition) is 7. The average molecular weight is 695 g/mol. The Balaban J connectivity index is 0.00000221. The number of aromatic amines is 1. The standard InChI is InChI=1S/C35H36F2N4O3S2.CH4O/c1-22(21-42)17-23-5-4-6-24(18-23)35(2)11-15-46(43)16-14-45-13-10-27-26-9-12-38-31(26)20-30(37)32(27)44-25-7-8-29(36)28(19-25)33-39-34(35)40-41(33)3;1-2/h4-9,12,18-22,38H,10-11,13-17H2,1-3H3;2H,1H3. The Morgan fingerprint density at radius 2 is 1.94 bits per heavy atom. The van der Waals surface area contributed by atoms with Crippen molar-refractivity contribution in [1.82, 2.24) is 19.7 Å². The van der Waals surface area contributed by atoms with E-state index in [1.54, 1.807) is 25.0 Å². The maximum Gasteiger partial charge on any atom is 0.168 e. The van der Waals surface area contributed by atoms with E-state index in [2.05, 4.69) is 11.1 Å². The second-order valence-electron chi connectivity index (χ2n) is 12.0. The van der Waals surface area contributed by atoms with Crippen molar-refractivity contribution >= 4 is 39.8 Å². The summed E-state index contributed by atoms with van der Waals surface area (Å²) in [6, 6.07) is 15.6. The molecular weight excluding hydrogens is 655 g/mol. The highest BCUT2D eigenvalue weighted by Gasteiger charge is 2.35. The first-order chi connectivity index (χ1) is 23.2. The van der Waals surface area contributed by atoms with E-state index in [0.29, 0.717) is 53.6 Å². The molecule has 5 aromatic rings. The van der Waals surface area contributed by atoms with Crippen LogP contribution in [-0.2, 0) is 40.9 Å². The van der Waals surface area contributed by atoms with E-state index in [0.717, 1.165) is 35.5 Å². The molecule has 8 nitrogen and oxygen atoms in total. The zero-order chi connectivity index (χ0) is 34.4. The number of rotatable bonds is 4. The first kappa shape index (κ1) is 35.4. The number of carbonyl (C=O) groups is 1. The quantitative estimate of drug-likeness (QED) is 0.200. The van der Waals surface area contributed by atoms with Crippen LogP contribution in [0, 0.1) is 17.6 Å². The molecule has 0 fully saturated rings. The Morgan fingerprint density at radius 1 is 1.12 bits per heavy atom. The molecule has 1 aliphatic rings. The number of aromatic nitrogens is 4. The van der Waals surface area contributed by atoms with Crippen LogP contribution in [0.15, 0.2) is 60.8 Å². The van der Waals surface area contributed by atoms with Crippen molar-refractivity contribution in [3.8, 4) is 22.9 Å². The molecule has 0 saturated carbocycles. The number of thioether (sulfide) groups is 1. The van der Waals surface area contributed by atoms with Gasteiger partial charge in [0.25, 0.3) is 0 Å². The van der Waals surface area contributed by atoms with Crippen LogP contribution in [0.4, 0.5) is 8.78 Å². The Labute approximate surface area is 285 Å². The van der Waals surface area contributed by atoms with Gasteiger partial charge in [-0.15, -0.1) is 0 Å². The second kappa shape index (κ2) is 15.6. The Hall–Kier alpha value is -3.87. The molecule has 2 aromatic heterocycles. The van der Waals surface area contributed by atoms with Crippen LogP contribution in [0.1, 0.15) is 42.8 Å². The molecule has 4 bridgehead atoms. The van der Waals surface area contributed by atoms with Gasteiger partial charge in [-0.3, -0.25) is 4.21 Å². The van der Waals surface area contributed by atoms with E-state index < -0.39 is 27.8 Å². The molecule has 3 atom stereocenters. The first-order valence-corrected chi connectivity index (χ1v) is 18.4. The van der Waals surface area contributed by atoms with Gasteiger partial charge in [0, 0.05) is 76.9 Å². The normalized spacial score (nSPS) is 19.2. The average Bonchev–Trinajstić information content (AvgIpc) is 3.72. The number of H-pyrrole nitrogens is 1. The highest BCUT2D eigenvalue weighted by molar-refractivity contribution is 8.00. The van der Waals surface area contributed by atoms with Gasteiger partial charge >= 0.3 is 0 Å². The fourth-order valence-electron chi connectivity index (χ4n) is 5.99. The molecule has 12 heteroatoms. The third-order valence-electron chi connectivity index (χ3n) is 8.66. The third-order valence-corrected chi connectivity index (χ3v) is 11.2. The summed E-state index contributed by atoms with van der Waals surface area (Å²) >= 11 is 1.67. The van der Waals surface area contributed by atoms with Gasteiger partial charge in [-0.05, 0) is 67.3 Å². The van der Waals surface area contributed by atoms with Gasteiger partial charge in [-0.1, -0.05) is 31.2 Å². The highest BCUT2D eigenvalue weighted by atomic mass is 32.2. The van der Waals surface area contributed by atoms with Crippen molar-refractivity contribution in [1.29, 1.82) is 0 Å². The predicted octanol–water partition coefficient (Wildman–Crippen LogP) is 6.75. The van der Waals surface area contributed by atoms with Crippen molar-refractivity contribution in [2.24, 2.45) is 13.0 Å². The number of aliphatic hydroxyl groups is 1. The van der Waals surface area contributed by atoms with E-state index in [9.17, 15) is 9.00 Å². The molecule has 254 valence electrons. The van der Waals surface area contributed by atoms with Gasteiger partial charge < -0.3 is 19.6 Å². The number of ether oxygens (including phenoxy) is 1. The number of nitrogens with zero attached hydrogens (tertiary/aromatic N) is 3. The smallest absolute Gasteiger partial charge is 0.168 e. The Morgan fingerprint density at radius 3 is 2.73 bits per heavy atom. The molecule has 0 saturated heterocycles. The highest BCUT2D eigenvalue weighted by Crippen LogP contribution is 2.39. The molecule has 2 N–H and O–H groups in total. The molecule has 0 amide bonds. The maximum absolute atomic E-state index is 15.5. The fraction of sp³-hybridized carbons (Fsp3) is 0.361. The lowest BCUT2D eigenvalue weighted by atomic mass is 9.78. The summed E-state index contributed by atoms with van der Waals surface area (Å²) < 4.78 is 52.0. The first-order valence-electron chi connectivity index (χ1n) is 15.8. The largest absolute Gasteiger partial charge is 0.454 e. The van der Waals surface area contributed by atoms with Crippen molar-refractivity contribution in [3.63, 3.8) is 0 Å². The maximum atomic E-state index is 15.5. The number of fused-ring (bicyclic) bond motifs is 8. The van der Waals surface area contributed by atoms with Gasteiger partial charge in [0.2, 0.25) is 0 Å². The van der Waals surface area contributed by atoms with Crippen LogP contribution in [0.3, 0.4) is 0 Å². The summed E-state index contributed by atoms with van der Waals surface area (Å²) in [5.41, 5.74) is 2.75. The number of aryl methyl sites for hydroxylation is 2. The third kappa shape index (κ3) is 7.55. The summed E-state index contributed by atoms with van der Waals surface area (Å²) in [7, 11) is 1.60. The SMILES string of the molecule is CC(C=O)Cc1cccc(C2(C)CCS(=O)CCSCCc3c(c(F)cc4[nH]ccc34)Oc3ccc(F)c(c3)-c3nc2nn3C)c1.CO. The summed E-state index contributed by atoms with van der Waals surface area (Å²) in [5, 5.41) is 12.6. The number of nitrogens with one attached hydrogen (secondary N) is 1. The predicted molar refractivity (Wildman–Crippen MR) is 188 cm³/mol. The van der Waals surface area contributed by atoms with Gasteiger partial charge in [0.1, 0.15) is 17.9 Å². The number of aliphatic hydroxyl groups excluding tert-OH is 1. The van der Waals surface area contributed by atoms with Crippen LogP contribution in [0.2, 0.25) is 0 Å². The number of benzene rings is 3. The van der Waals surface area contributed by atoms with Gasteiger partial charge in [-0.2, -0.15) is 16.9 Å². The number of carbonyl (C=O) groups excluding carboxylic acids is 1. The van der Waals surface area contributed by atoms with Crippen molar-refractivity contribution in [2.75, 3.05) is 30.1 Å². The fourth-order valence-corrected chi connectivity index (χ4v) is 8.59. The summed E-state index contributed by atoms with van der Waals surface area (Å²) in [6.45, 7) is 3.90. The minimum absolute atomic E-state index is 0.102. The van der Waals surface area contributed by atoms with E-state index in [-0.39, 0.29) is 28.8 Å². The van der Waals surface area contributed by atoms with Crippen LogP contribution >= 0.6 is 11.8 Å². The van der Waals surface area contributed by atoms with Gasteiger partial charge in [0.05, 0.1) is 11.0 Å².